The fourth-order valence-electron chi connectivity index (χ4n) is 4.62. The number of allylic oxidation sites excluding steroid dienone is 2. The van der Waals surface area contributed by atoms with Gasteiger partial charge in [-0.2, -0.15) is 0 Å². The number of cyclic esters (lactones) is 1. The second kappa shape index (κ2) is 15.1. The maximum atomic E-state index is 13.7. The molecule has 0 saturated heterocycles. The van der Waals surface area contributed by atoms with E-state index in [1.165, 1.54) is 0 Å². The number of hydrogen-bond donors (Lipinski definition) is 2. The van der Waals surface area contributed by atoms with Gasteiger partial charge in [0.05, 0.1) is 34.7 Å². The van der Waals surface area contributed by atoms with Gasteiger partial charge in [0.15, 0.2) is 0 Å². The zero-order valence-corrected chi connectivity index (χ0v) is 25.1. The van der Waals surface area contributed by atoms with Crippen molar-refractivity contribution in [1.29, 1.82) is 0 Å². The predicted molar refractivity (Wildman–Crippen MR) is 155 cm³/mol. The summed E-state index contributed by atoms with van der Waals surface area (Å²) in [6.07, 6.45) is 7.98. The Morgan fingerprint density at radius 3 is 2.61 bits per heavy atom. The number of rotatable bonds is 6. The Morgan fingerprint density at radius 1 is 1.26 bits per heavy atom. The molecule has 212 valence electrons. The lowest BCUT2D eigenvalue weighted by Gasteiger charge is -2.35. The number of thiazole rings is 1. The van der Waals surface area contributed by atoms with Gasteiger partial charge in [0, 0.05) is 29.5 Å². The van der Waals surface area contributed by atoms with Crippen LogP contribution >= 0.6 is 22.9 Å². The monoisotopic (exact) mass is 565 g/mol. The number of halogens is 1. The van der Waals surface area contributed by atoms with E-state index in [0.29, 0.717) is 31.6 Å². The molecule has 1 aliphatic rings. The highest BCUT2D eigenvalue weighted by atomic mass is 35.5. The summed E-state index contributed by atoms with van der Waals surface area (Å²) in [6.45, 7) is 11.0. The van der Waals surface area contributed by atoms with Crippen molar-refractivity contribution in [2.24, 2.45) is 17.3 Å². The van der Waals surface area contributed by atoms with E-state index in [-0.39, 0.29) is 18.1 Å². The Hall–Kier alpha value is -1.80. The number of aryl methyl sites for hydroxylation is 1. The lowest BCUT2D eigenvalue weighted by Crippen LogP contribution is -2.46. The molecule has 2 heterocycles. The van der Waals surface area contributed by atoms with Crippen molar-refractivity contribution in [2.45, 2.75) is 98.4 Å². The highest BCUT2D eigenvalue weighted by molar-refractivity contribution is 7.09. The van der Waals surface area contributed by atoms with Gasteiger partial charge in [-0.3, -0.25) is 9.59 Å². The van der Waals surface area contributed by atoms with Crippen LogP contribution in [0.15, 0.2) is 34.8 Å². The number of nitrogens with zero attached hydrogens (tertiary/aromatic N) is 1. The van der Waals surface area contributed by atoms with Gasteiger partial charge in [0.2, 0.25) is 0 Å². The molecule has 38 heavy (non-hydrogen) atoms. The number of Topliss-reactive ketones (excluding diaryl/α,β-unsaturated/α-hetero) is 1. The third-order valence-electron chi connectivity index (χ3n) is 7.37. The Balaban J connectivity index is 2.39. The smallest absolute Gasteiger partial charge is 0.309 e. The number of aliphatic hydroxyl groups is 2. The summed E-state index contributed by atoms with van der Waals surface area (Å²) in [6, 6.07) is 0. The number of unbranched alkanes of at least 4 members (excludes halogenated alkanes) is 1. The van der Waals surface area contributed by atoms with Crippen LogP contribution in [-0.4, -0.2) is 51.1 Å². The van der Waals surface area contributed by atoms with Crippen molar-refractivity contribution < 1.29 is 24.5 Å². The lowest BCUT2D eigenvalue weighted by molar-refractivity contribution is -0.154. The Kier molecular flexibility index (Phi) is 12.9. The molecule has 1 aromatic rings. The zero-order valence-electron chi connectivity index (χ0n) is 23.6. The minimum Gasteiger partial charge on any atom is -0.457 e. The number of carbonyl (C=O) groups excluding carboxylic acids is 2. The molecule has 1 aromatic heterocycles. The van der Waals surface area contributed by atoms with E-state index in [1.807, 2.05) is 51.3 Å². The number of ether oxygens (including phenoxy) is 1. The molecule has 0 unspecified atom stereocenters. The molecule has 0 spiro atoms. The van der Waals surface area contributed by atoms with Crippen molar-refractivity contribution in [2.75, 3.05) is 5.88 Å². The quantitative estimate of drug-likeness (QED) is 0.178. The average molecular weight is 566 g/mol. The van der Waals surface area contributed by atoms with Gasteiger partial charge in [-0.15, -0.1) is 22.9 Å². The second-order valence-corrected chi connectivity index (χ2v) is 12.5. The second-order valence-electron chi connectivity index (χ2n) is 11.0. The molecule has 0 saturated carbocycles. The Morgan fingerprint density at radius 2 is 1.97 bits per heavy atom. The highest BCUT2D eigenvalue weighted by Gasteiger charge is 2.43. The van der Waals surface area contributed by atoms with Gasteiger partial charge in [0.1, 0.15) is 11.9 Å². The number of carbonyl (C=O) groups is 2. The molecule has 1 aliphatic heterocycles. The molecule has 2 N–H and O–H groups in total. The fraction of sp³-hybridized carbons (Fsp3) is 0.633. The summed E-state index contributed by atoms with van der Waals surface area (Å²) in [5, 5.41) is 25.1. The van der Waals surface area contributed by atoms with Crippen molar-refractivity contribution in [3.05, 3.63) is 45.5 Å². The molecule has 0 amide bonds. The van der Waals surface area contributed by atoms with Crippen LogP contribution in [0, 0.1) is 24.2 Å². The molecular formula is C30H44ClNO5S. The van der Waals surface area contributed by atoms with Gasteiger partial charge in [-0.05, 0) is 51.7 Å². The van der Waals surface area contributed by atoms with E-state index < -0.39 is 35.6 Å². The molecular weight excluding hydrogens is 522 g/mol. The van der Waals surface area contributed by atoms with E-state index in [2.05, 4.69) is 11.1 Å². The number of ketones is 1. The van der Waals surface area contributed by atoms with Crippen LogP contribution in [0.1, 0.15) is 83.8 Å². The maximum Gasteiger partial charge on any atom is 0.309 e. The lowest BCUT2D eigenvalue weighted by atomic mass is 9.71. The molecule has 2 rings (SSSR count). The van der Waals surface area contributed by atoms with E-state index in [0.717, 1.165) is 28.3 Å². The molecule has 5 atom stereocenters. The number of aromatic nitrogens is 1. The van der Waals surface area contributed by atoms with Crippen molar-refractivity contribution in [1.82, 2.24) is 4.98 Å². The SMILES string of the molecule is C/C1=C/C[C@@H](/C(C)=C/c2csc(C)n2)OC(=O)C[C@H](O)C(C)(C)C(=O)[C@H](CCCCCl)[C@@H](O)[C@@H](C)/C=C/C1. The van der Waals surface area contributed by atoms with E-state index in [4.69, 9.17) is 16.3 Å². The first-order valence-corrected chi connectivity index (χ1v) is 14.9. The molecule has 0 aliphatic carbocycles. The summed E-state index contributed by atoms with van der Waals surface area (Å²) >= 11 is 7.41. The predicted octanol–water partition coefficient (Wildman–Crippen LogP) is 6.43. The van der Waals surface area contributed by atoms with Crippen LogP contribution in [0.4, 0.5) is 0 Å². The van der Waals surface area contributed by atoms with Crippen LogP contribution in [0.2, 0.25) is 0 Å². The standard InChI is InChI=1S/C30H44ClNO5S/c1-19-10-9-11-20(2)28(35)24(12-7-8-15-31)29(36)30(5,6)26(33)17-27(34)37-25(14-13-19)21(3)16-23-18-38-22(4)32-23/h9,11,13,16,18,20,24-26,28,33,35H,7-8,10,12,14-15,17H2,1-6H3/b11-9+,19-13-,21-16+/t20-,24+,25-,26-,28-/m0/s1. The summed E-state index contributed by atoms with van der Waals surface area (Å²) in [5.74, 6) is -1.28. The molecule has 0 radical (unpaired) electrons. The summed E-state index contributed by atoms with van der Waals surface area (Å²) in [5.41, 5.74) is 1.52. The summed E-state index contributed by atoms with van der Waals surface area (Å²) < 4.78 is 5.85. The normalized spacial score (nSPS) is 30.4. The molecule has 0 aromatic carbocycles. The summed E-state index contributed by atoms with van der Waals surface area (Å²) in [4.78, 5) is 31.2. The molecule has 8 heteroatoms. The van der Waals surface area contributed by atoms with Crippen LogP contribution < -0.4 is 0 Å². The van der Waals surface area contributed by atoms with Crippen LogP contribution in [0.25, 0.3) is 6.08 Å². The highest BCUT2D eigenvalue weighted by Crippen LogP contribution is 2.34. The minimum atomic E-state index is -1.26. The zero-order chi connectivity index (χ0) is 28.5. The Bertz CT molecular complexity index is 1030. The summed E-state index contributed by atoms with van der Waals surface area (Å²) in [7, 11) is 0. The number of alkyl halides is 1. The minimum absolute atomic E-state index is 0.252. The fourth-order valence-corrected chi connectivity index (χ4v) is 5.38. The number of esters is 1. The third kappa shape index (κ3) is 9.44. The van der Waals surface area contributed by atoms with Crippen molar-refractivity contribution >= 4 is 40.8 Å². The number of hydrogen-bond acceptors (Lipinski definition) is 7. The third-order valence-corrected chi connectivity index (χ3v) is 8.43. The van der Waals surface area contributed by atoms with Gasteiger partial charge < -0.3 is 14.9 Å². The van der Waals surface area contributed by atoms with Crippen LogP contribution in [0.5, 0.6) is 0 Å². The van der Waals surface area contributed by atoms with Gasteiger partial charge in [0.25, 0.3) is 0 Å². The molecule has 6 nitrogen and oxygen atoms in total. The van der Waals surface area contributed by atoms with E-state index in [9.17, 15) is 19.8 Å². The first-order valence-electron chi connectivity index (χ1n) is 13.4. The van der Waals surface area contributed by atoms with Gasteiger partial charge >= 0.3 is 5.97 Å². The van der Waals surface area contributed by atoms with E-state index in [1.54, 1.807) is 25.2 Å². The van der Waals surface area contributed by atoms with Crippen LogP contribution in [-0.2, 0) is 14.3 Å². The van der Waals surface area contributed by atoms with E-state index >= 15 is 0 Å². The Labute approximate surface area is 236 Å². The van der Waals surface area contributed by atoms with Gasteiger partial charge in [-0.1, -0.05) is 51.0 Å². The first-order chi connectivity index (χ1) is 17.9. The molecule has 0 bridgehead atoms. The largest absolute Gasteiger partial charge is 0.457 e. The van der Waals surface area contributed by atoms with Gasteiger partial charge in [-0.25, -0.2) is 4.98 Å². The number of aliphatic hydroxyl groups excluding tert-OH is 2. The average Bonchev–Trinajstić information content (AvgIpc) is 3.27. The maximum absolute atomic E-state index is 13.7. The van der Waals surface area contributed by atoms with Crippen molar-refractivity contribution in [3.63, 3.8) is 0 Å². The first kappa shape index (κ1) is 32.4. The topological polar surface area (TPSA) is 96.7 Å². The van der Waals surface area contributed by atoms with Crippen molar-refractivity contribution in [3.8, 4) is 0 Å². The molecule has 0 fully saturated rings. The van der Waals surface area contributed by atoms with Crippen LogP contribution in [0.3, 0.4) is 0 Å².